The lowest BCUT2D eigenvalue weighted by molar-refractivity contribution is 0.250. The van der Waals surface area contributed by atoms with E-state index < -0.39 is 0 Å². The second kappa shape index (κ2) is 6.37. The Bertz CT molecular complexity index is 478. The quantitative estimate of drug-likeness (QED) is 0.872. The molecule has 0 spiro atoms. The van der Waals surface area contributed by atoms with Crippen LogP contribution in [-0.4, -0.2) is 49.1 Å². The van der Waals surface area contributed by atoms with Gasteiger partial charge in [0.2, 0.25) is 0 Å². The summed E-state index contributed by atoms with van der Waals surface area (Å²) in [5.74, 6) is 0.773. The molecule has 21 heavy (non-hydrogen) atoms. The van der Waals surface area contributed by atoms with E-state index in [2.05, 4.69) is 49.1 Å². The maximum absolute atomic E-state index is 3.63. The van der Waals surface area contributed by atoms with Crippen LogP contribution < -0.4 is 5.32 Å². The molecule has 0 bridgehead atoms. The van der Waals surface area contributed by atoms with E-state index in [0.29, 0.717) is 6.04 Å². The van der Waals surface area contributed by atoms with E-state index in [1.165, 1.54) is 35.7 Å². The molecule has 0 amide bonds. The number of aryl methyl sites for hydroxylation is 1. The largest absolute Gasteiger partial charge is 0.309 e. The Morgan fingerprint density at radius 3 is 2.71 bits per heavy atom. The van der Waals surface area contributed by atoms with Gasteiger partial charge in [-0.3, -0.25) is 4.90 Å². The summed E-state index contributed by atoms with van der Waals surface area (Å²) in [7, 11) is 4.42. The molecule has 2 unspecified atom stereocenters. The summed E-state index contributed by atoms with van der Waals surface area (Å²) in [6.45, 7) is 9.29. The molecule has 3 nitrogen and oxygen atoms in total. The molecule has 3 rings (SSSR count). The number of hydrogen-bond acceptors (Lipinski definition) is 4. The first kappa shape index (κ1) is 15.5. The summed E-state index contributed by atoms with van der Waals surface area (Å²) in [5, 5.41) is 3.63. The van der Waals surface area contributed by atoms with Crippen molar-refractivity contribution in [3.05, 3.63) is 21.4 Å². The van der Waals surface area contributed by atoms with Crippen molar-refractivity contribution in [2.75, 3.05) is 27.2 Å². The fraction of sp³-hybridized carbons (Fsp3) is 0.765. The zero-order chi connectivity index (χ0) is 15.0. The van der Waals surface area contributed by atoms with Crippen molar-refractivity contribution >= 4 is 11.3 Å². The number of rotatable bonds is 6. The van der Waals surface area contributed by atoms with Crippen LogP contribution in [0.5, 0.6) is 0 Å². The summed E-state index contributed by atoms with van der Waals surface area (Å²) in [4.78, 5) is 8.02. The van der Waals surface area contributed by atoms with Gasteiger partial charge in [-0.1, -0.05) is 6.92 Å². The van der Waals surface area contributed by atoms with E-state index >= 15 is 0 Å². The molecule has 2 atom stereocenters. The van der Waals surface area contributed by atoms with Crippen LogP contribution in [0.2, 0.25) is 0 Å². The molecule has 4 heteroatoms. The minimum absolute atomic E-state index is 0.708. The van der Waals surface area contributed by atoms with Gasteiger partial charge in [-0.2, -0.15) is 0 Å². The van der Waals surface area contributed by atoms with Crippen LogP contribution in [0.25, 0.3) is 0 Å². The van der Waals surface area contributed by atoms with Crippen LogP contribution in [0.4, 0.5) is 0 Å². The van der Waals surface area contributed by atoms with Crippen molar-refractivity contribution in [1.82, 2.24) is 15.1 Å². The molecule has 1 aromatic heterocycles. The van der Waals surface area contributed by atoms with Crippen molar-refractivity contribution in [3.8, 4) is 0 Å². The molecule has 0 radical (unpaired) electrons. The highest BCUT2D eigenvalue weighted by atomic mass is 32.1. The molecule has 1 aliphatic heterocycles. The number of hydrogen-bond donors (Lipinski definition) is 1. The van der Waals surface area contributed by atoms with Gasteiger partial charge in [0.25, 0.3) is 0 Å². The molecule has 2 aliphatic rings. The standard InChI is InChI=1S/C17H29N3S/c1-12-9-20(11-17(12)19(3)4)10-14-7-16(21-13(14)2)8-18-15-5-6-15/h7,12,15,17-18H,5-6,8-11H2,1-4H3. The van der Waals surface area contributed by atoms with E-state index in [0.717, 1.165) is 25.0 Å². The van der Waals surface area contributed by atoms with Crippen LogP contribution in [0.1, 0.15) is 35.1 Å². The maximum Gasteiger partial charge on any atom is 0.0302 e. The highest BCUT2D eigenvalue weighted by molar-refractivity contribution is 7.12. The van der Waals surface area contributed by atoms with Gasteiger partial charge in [-0.05, 0) is 51.4 Å². The average Bonchev–Trinajstić information content (AvgIpc) is 3.09. The summed E-state index contributed by atoms with van der Waals surface area (Å²) in [5.41, 5.74) is 1.54. The molecule has 1 saturated heterocycles. The minimum Gasteiger partial charge on any atom is -0.309 e. The monoisotopic (exact) mass is 307 g/mol. The summed E-state index contributed by atoms with van der Waals surface area (Å²) in [6, 6.07) is 3.94. The van der Waals surface area contributed by atoms with Gasteiger partial charge in [0, 0.05) is 48.0 Å². The summed E-state index contributed by atoms with van der Waals surface area (Å²) >= 11 is 1.98. The van der Waals surface area contributed by atoms with Crippen molar-refractivity contribution in [1.29, 1.82) is 0 Å². The molecule has 1 saturated carbocycles. The van der Waals surface area contributed by atoms with Gasteiger partial charge >= 0.3 is 0 Å². The molecule has 1 aromatic rings. The third-order valence-electron chi connectivity index (χ3n) is 4.92. The highest BCUT2D eigenvalue weighted by Gasteiger charge is 2.31. The molecular weight excluding hydrogens is 278 g/mol. The van der Waals surface area contributed by atoms with Gasteiger partial charge in [-0.15, -0.1) is 11.3 Å². The maximum atomic E-state index is 3.63. The van der Waals surface area contributed by atoms with Crippen LogP contribution in [0.3, 0.4) is 0 Å². The predicted octanol–water partition coefficient (Wildman–Crippen LogP) is 2.69. The zero-order valence-electron chi connectivity index (χ0n) is 13.9. The smallest absolute Gasteiger partial charge is 0.0302 e. The lowest BCUT2D eigenvalue weighted by Crippen LogP contribution is -2.34. The van der Waals surface area contributed by atoms with Crippen molar-refractivity contribution in [2.45, 2.75) is 51.9 Å². The lowest BCUT2D eigenvalue weighted by Gasteiger charge is -2.22. The van der Waals surface area contributed by atoms with E-state index in [4.69, 9.17) is 0 Å². The van der Waals surface area contributed by atoms with Crippen LogP contribution in [-0.2, 0) is 13.1 Å². The number of thiophene rings is 1. The van der Waals surface area contributed by atoms with Gasteiger partial charge in [0.05, 0.1) is 0 Å². The Hall–Kier alpha value is -0.420. The number of likely N-dealkylation sites (tertiary alicyclic amines) is 1. The lowest BCUT2D eigenvalue weighted by atomic mass is 10.1. The van der Waals surface area contributed by atoms with Crippen LogP contribution in [0.15, 0.2) is 6.07 Å². The second-order valence-electron chi connectivity index (χ2n) is 7.15. The summed E-state index contributed by atoms with van der Waals surface area (Å²) in [6.07, 6.45) is 2.74. The fourth-order valence-corrected chi connectivity index (χ4v) is 4.46. The Labute approximate surface area is 133 Å². The van der Waals surface area contributed by atoms with Crippen molar-refractivity contribution in [2.24, 2.45) is 5.92 Å². The molecule has 1 N–H and O–H groups in total. The summed E-state index contributed by atoms with van der Waals surface area (Å²) < 4.78 is 0. The van der Waals surface area contributed by atoms with E-state index in [1.54, 1.807) is 5.56 Å². The van der Waals surface area contributed by atoms with Crippen LogP contribution in [0, 0.1) is 12.8 Å². The molecular formula is C17H29N3S. The highest BCUT2D eigenvalue weighted by Crippen LogP contribution is 2.27. The van der Waals surface area contributed by atoms with Gasteiger partial charge in [0.1, 0.15) is 0 Å². The van der Waals surface area contributed by atoms with Crippen LogP contribution >= 0.6 is 11.3 Å². The molecule has 118 valence electrons. The fourth-order valence-electron chi connectivity index (χ4n) is 3.45. The SMILES string of the molecule is Cc1sc(CNC2CC2)cc1CN1CC(C)C(N(C)C)C1. The van der Waals surface area contributed by atoms with Gasteiger partial charge < -0.3 is 10.2 Å². The Kier molecular flexibility index (Phi) is 4.69. The Morgan fingerprint density at radius 1 is 1.33 bits per heavy atom. The Balaban J connectivity index is 1.57. The molecule has 2 heterocycles. The molecule has 0 aromatic carbocycles. The Morgan fingerprint density at radius 2 is 2.10 bits per heavy atom. The molecule has 1 aliphatic carbocycles. The number of nitrogens with zero attached hydrogens (tertiary/aromatic N) is 2. The number of nitrogens with one attached hydrogen (secondary N) is 1. The first-order valence-electron chi connectivity index (χ1n) is 8.23. The second-order valence-corrected chi connectivity index (χ2v) is 8.49. The van der Waals surface area contributed by atoms with E-state index in [1.807, 2.05) is 11.3 Å². The molecule has 2 fully saturated rings. The van der Waals surface area contributed by atoms with E-state index in [-0.39, 0.29) is 0 Å². The first-order chi connectivity index (χ1) is 10.0. The number of likely N-dealkylation sites (N-methyl/N-ethyl adjacent to an activating group) is 1. The van der Waals surface area contributed by atoms with E-state index in [9.17, 15) is 0 Å². The van der Waals surface area contributed by atoms with Gasteiger partial charge in [-0.25, -0.2) is 0 Å². The zero-order valence-corrected chi connectivity index (χ0v) is 14.7. The average molecular weight is 308 g/mol. The first-order valence-corrected chi connectivity index (χ1v) is 9.05. The predicted molar refractivity (Wildman–Crippen MR) is 90.8 cm³/mol. The van der Waals surface area contributed by atoms with Crippen molar-refractivity contribution < 1.29 is 0 Å². The normalized spacial score (nSPS) is 26.9. The minimum atomic E-state index is 0.708. The third kappa shape index (κ3) is 3.86. The topological polar surface area (TPSA) is 18.5 Å². The van der Waals surface area contributed by atoms with Crippen molar-refractivity contribution in [3.63, 3.8) is 0 Å². The third-order valence-corrected chi connectivity index (χ3v) is 6.01. The van der Waals surface area contributed by atoms with Gasteiger partial charge in [0.15, 0.2) is 0 Å².